The van der Waals surface area contributed by atoms with Crippen molar-refractivity contribution in [1.82, 2.24) is 9.62 Å². The number of nitrogens with one attached hydrogen (secondary N) is 2. The van der Waals surface area contributed by atoms with E-state index in [2.05, 4.69) is 10.0 Å². The Labute approximate surface area is 184 Å². The maximum absolute atomic E-state index is 12.9. The minimum Gasteiger partial charge on any atom is -0.341 e. The van der Waals surface area contributed by atoms with E-state index >= 15 is 0 Å². The largest absolute Gasteiger partial charge is 0.341 e. The van der Waals surface area contributed by atoms with Crippen molar-refractivity contribution < 1.29 is 18.0 Å². The zero-order valence-electron chi connectivity index (χ0n) is 16.3. The van der Waals surface area contributed by atoms with E-state index in [4.69, 9.17) is 0 Å². The van der Waals surface area contributed by atoms with Crippen molar-refractivity contribution in [3.8, 4) is 0 Å². The first-order chi connectivity index (χ1) is 14.4. The topological polar surface area (TPSA) is 95.6 Å². The number of anilines is 1. The standard InChI is InChI=1S/C20H23N3O4S3/c24-19-18(20(25)23-9-3-1-2-4-10-23)29-17-8-7-15(12-16(17)22-19)30(26,27)21-13-14-6-5-11-28-14/h5-8,11-12,18,21H,1-4,9-10,13H2,(H,22,24)/t18-/m0/s1. The quantitative estimate of drug-likeness (QED) is 0.662. The first-order valence-electron chi connectivity index (χ1n) is 9.86. The smallest absolute Gasteiger partial charge is 0.247 e. The lowest BCUT2D eigenvalue weighted by Gasteiger charge is -2.28. The molecule has 1 saturated heterocycles. The summed E-state index contributed by atoms with van der Waals surface area (Å²) in [6.45, 7) is 1.58. The summed E-state index contributed by atoms with van der Waals surface area (Å²) >= 11 is 2.66. The maximum atomic E-state index is 12.9. The number of thiophene rings is 1. The third-order valence-electron chi connectivity index (χ3n) is 5.16. The number of fused-ring (bicyclic) bond motifs is 1. The van der Waals surface area contributed by atoms with Gasteiger partial charge in [-0.25, -0.2) is 13.1 Å². The molecular weight excluding hydrogens is 442 g/mol. The number of hydrogen-bond acceptors (Lipinski definition) is 6. The third-order valence-corrected chi connectivity index (χ3v) is 8.70. The molecule has 2 aromatic rings. The van der Waals surface area contributed by atoms with Gasteiger partial charge in [-0.1, -0.05) is 18.9 Å². The van der Waals surface area contributed by atoms with Gasteiger partial charge in [0.25, 0.3) is 0 Å². The number of amides is 2. The van der Waals surface area contributed by atoms with Crippen molar-refractivity contribution >= 4 is 50.6 Å². The molecule has 1 atom stereocenters. The number of rotatable bonds is 5. The average Bonchev–Trinajstić information content (AvgIpc) is 3.11. The van der Waals surface area contributed by atoms with Crippen molar-refractivity contribution in [2.75, 3.05) is 18.4 Å². The van der Waals surface area contributed by atoms with Crippen LogP contribution in [0.4, 0.5) is 5.69 Å². The summed E-state index contributed by atoms with van der Waals surface area (Å²) in [4.78, 5) is 29.0. The van der Waals surface area contributed by atoms with Crippen LogP contribution >= 0.6 is 23.1 Å². The van der Waals surface area contributed by atoms with Gasteiger partial charge in [0, 0.05) is 29.4 Å². The Morgan fingerprint density at radius 2 is 1.93 bits per heavy atom. The molecule has 3 heterocycles. The second kappa shape index (κ2) is 9.09. The molecule has 0 radical (unpaired) electrons. The molecule has 0 bridgehead atoms. The molecule has 30 heavy (non-hydrogen) atoms. The molecule has 2 N–H and O–H groups in total. The summed E-state index contributed by atoms with van der Waals surface area (Å²) in [5.74, 6) is -0.567. The molecule has 1 aromatic heterocycles. The SMILES string of the molecule is O=C1Nc2cc(S(=O)(=O)NCc3cccs3)ccc2S[C@@H]1C(=O)N1CCCCCC1. The lowest BCUT2D eigenvalue weighted by atomic mass is 10.2. The summed E-state index contributed by atoms with van der Waals surface area (Å²) < 4.78 is 27.8. The molecule has 0 aliphatic carbocycles. The molecule has 0 unspecified atom stereocenters. The zero-order valence-corrected chi connectivity index (χ0v) is 18.7. The predicted molar refractivity (Wildman–Crippen MR) is 118 cm³/mol. The van der Waals surface area contributed by atoms with Crippen LogP contribution in [-0.4, -0.2) is 43.5 Å². The van der Waals surface area contributed by atoms with Crippen LogP contribution in [0, 0.1) is 0 Å². The van der Waals surface area contributed by atoms with Gasteiger partial charge < -0.3 is 10.2 Å². The Morgan fingerprint density at radius 1 is 1.17 bits per heavy atom. The molecule has 2 amide bonds. The molecule has 0 saturated carbocycles. The number of thioether (sulfide) groups is 1. The van der Waals surface area contributed by atoms with Gasteiger partial charge >= 0.3 is 0 Å². The maximum Gasteiger partial charge on any atom is 0.247 e. The van der Waals surface area contributed by atoms with Crippen LogP contribution in [0.3, 0.4) is 0 Å². The van der Waals surface area contributed by atoms with Gasteiger partial charge in [0.2, 0.25) is 21.8 Å². The van der Waals surface area contributed by atoms with Crippen LogP contribution in [0.25, 0.3) is 0 Å². The van der Waals surface area contributed by atoms with Crippen molar-refractivity contribution in [3.63, 3.8) is 0 Å². The van der Waals surface area contributed by atoms with E-state index in [0.717, 1.165) is 30.6 Å². The predicted octanol–water partition coefficient (Wildman–Crippen LogP) is 3.04. The van der Waals surface area contributed by atoms with Gasteiger partial charge in [-0.15, -0.1) is 23.1 Å². The Kier molecular flexibility index (Phi) is 6.47. The first-order valence-corrected chi connectivity index (χ1v) is 13.1. The molecule has 4 rings (SSSR count). The number of nitrogens with zero attached hydrogens (tertiary/aromatic N) is 1. The molecule has 0 spiro atoms. The van der Waals surface area contributed by atoms with Crippen molar-refractivity contribution in [3.05, 3.63) is 40.6 Å². The normalized spacial score (nSPS) is 19.7. The molecule has 160 valence electrons. The van der Waals surface area contributed by atoms with Crippen LogP contribution in [0.1, 0.15) is 30.6 Å². The second-order valence-corrected chi connectivity index (χ2v) is 11.2. The van der Waals surface area contributed by atoms with Crippen LogP contribution < -0.4 is 10.0 Å². The molecule has 2 aliphatic rings. The van der Waals surface area contributed by atoms with Gasteiger partial charge in [0.05, 0.1) is 10.6 Å². The van der Waals surface area contributed by atoms with Crippen molar-refractivity contribution in [2.24, 2.45) is 0 Å². The van der Waals surface area contributed by atoms with Crippen molar-refractivity contribution in [2.45, 2.75) is 47.3 Å². The fraction of sp³-hybridized carbons (Fsp3) is 0.400. The van der Waals surface area contributed by atoms with Crippen LogP contribution in [0.2, 0.25) is 0 Å². The van der Waals surface area contributed by atoms with Gasteiger partial charge in [-0.05, 0) is 42.5 Å². The van der Waals surface area contributed by atoms with Gasteiger partial charge in [0.15, 0.2) is 5.25 Å². The van der Waals surface area contributed by atoms with E-state index in [-0.39, 0.29) is 17.3 Å². The zero-order chi connectivity index (χ0) is 21.1. The minimum absolute atomic E-state index is 0.0796. The highest BCUT2D eigenvalue weighted by atomic mass is 32.2. The van der Waals surface area contributed by atoms with E-state index in [1.54, 1.807) is 11.0 Å². The number of likely N-dealkylation sites (tertiary alicyclic amines) is 1. The van der Waals surface area contributed by atoms with Gasteiger partial charge in [-0.2, -0.15) is 0 Å². The Hall–Kier alpha value is -1.88. The van der Waals surface area contributed by atoms with E-state index in [9.17, 15) is 18.0 Å². The molecule has 7 nitrogen and oxygen atoms in total. The van der Waals surface area contributed by atoms with Crippen LogP contribution in [0.5, 0.6) is 0 Å². The Bertz CT molecular complexity index is 1030. The third kappa shape index (κ3) is 4.72. The number of hydrogen-bond donors (Lipinski definition) is 2. The highest BCUT2D eigenvalue weighted by molar-refractivity contribution is 8.01. The number of carbonyl (C=O) groups excluding carboxylic acids is 2. The number of benzene rings is 1. The summed E-state index contributed by atoms with van der Waals surface area (Å²) in [6.07, 6.45) is 4.13. The number of sulfonamides is 1. The monoisotopic (exact) mass is 465 g/mol. The second-order valence-electron chi connectivity index (χ2n) is 7.29. The lowest BCUT2D eigenvalue weighted by Crippen LogP contribution is -2.45. The highest BCUT2D eigenvalue weighted by Gasteiger charge is 2.36. The average molecular weight is 466 g/mol. The Balaban J connectivity index is 1.48. The lowest BCUT2D eigenvalue weighted by molar-refractivity contribution is -0.133. The fourth-order valence-electron chi connectivity index (χ4n) is 3.54. The van der Waals surface area contributed by atoms with Gasteiger partial charge in [0.1, 0.15) is 0 Å². The number of carbonyl (C=O) groups is 2. The first kappa shape index (κ1) is 21.4. The highest BCUT2D eigenvalue weighted by Crippen LogP contribution is 2.38. The molecular formula is C20H23N3O4S3. The van der Waals surface area contributed by atoms with Crippen LogP contribution in [0.15, 0.2) is 45.5 Å². The van der Waals surface area contributed by atoms with E-state index in [0.29, 0.717) is 23.7 Å². The Morgan fingerprint density at radius 3 is 2.63 bits per heavy atom. The molecule has 1 fully saturated rings. The van der Waals surface area contributed by atoms with Gasteiger partial charge in [-0.3, -0.25) is 9.59 Å². The van der Waals surface area contributed by atoms with E-state index < -0.39 is 21.2 Å². The molecule has 2 aliphatic heterocycles. The summed E-state index contributed by atoms with van der Waals surface area (Å²) in [5.41, 5.74) is 0.420. The molecule has 10 heteroatoms. The van der Waals surface area contributed by atoms with E-state index in [1.165, 1.54) is 35.2 Å². The molecule has 1 aromatic carbocycles. The summed E-state index contributed by atoms with van der Waals surface area (Å²) in [5, 5.41) is 3.78. The van der Waals surface area contributed by atoms with Crippen LogP contribution in [-0.2, 0) is 26.2 Å². The summed E-state index contributed by atoms with van der Waals surface area (Å²) in [6, 6.07) is 8.33. The van der Waals surface area contributed by atoms with Crippen molar-refractivity contribution in [1.29, 1.82) is 0 Å². The van der Waals surface area contributed by atoms with E-state index in [1.807, 2.05) is 17.5 Å². The minimum atomic E-state index is -3.72. The summed E-state index contributed by atoms with van der Waals surface area (Å²) in [7, 11) is -3.72. The fourth-order valence-corrected chi connectivity index (χ4v) is 6.36.